The summed E-state index contributed by atoms with van der Waals surface area (Å²) in [4.78, 5) is 12.3. The molecule has 0 radical (unpaired) electrons. The second kappa shape index (κ2) is 10.3. The minimum absolute atomic E-state index is 0.139. The predicted molar refractivity (Wildman–Crippen MR) is 120 cm³/mol. The van der Waals surface area contributed by atoms with Gasteiger partial charge in [0, 0.05) is 0 Å². The number of carbonyl (C=O) groups excluding carboxylic acids is 1. The highest BCUT2D eigenvalue weighted by molar-refractivity contribution is 6.04. The molecule has 32 heavy (non-hydrogen) atoms. The first-order valence-electron chi connectivity index (χ1n) is 10.4. The predicted octanol–water partition coefficient (Wildman–Crippen LogP) is 3.55. The van der Waals surface area contributed by atoms with Crippen molar-refractivity contribution in [2.75, 3.05) is 40.6 Å². The van der Waals surface area contributed by atoms with E-state index in [0.29, 0.717) is 36.2 Å². The Kier molecular flexibility index (Phi) is 7.09. The first kappa shape index (κ1) is 21.9. The number of hydrogen-bond donors (Lipinski definition) is 0. The number of hydrogen-bond acceptors (Lipinski definition) is 7. The molecule has 0 saturated carbocycles. The second-order valence-corrected chi connectivity index (χ2v) is 7.42. The number of ether oxygens (including phenoxy) is 6. The van der Waals surface area contributed by atoms with Crippen LogP contribution in [0.15, 0.2) is 48.6 Å². The number of ketones is 1. The smallest absolute Gasteiger partial charge is 0.178 e. The molecule has 2 aliphatic heterocycles. The zero-order valence-electron chi connectivity index (χ0n) is 18.1. The Morgan fingerprint density at radius 1 is 0.812 bits per heavy atom. The maximum atomic E-state index is 12.3. The van der Waals surface area contributed by atoms with Crippen molar-refractivity contribution in [2.45, 2.75) is 12.2 Å². The molecule has 2 unspecified atom stereocenters. The number of epoxide rings is 2. The number of benzene rings is 2. The average molecular weight is 438 g/mol. The number of allylic oxidation sites excluding steroid dienone is 2. The summed E-state index contributed by atoms with van der Waals surface area (Å²) >= 11 is 0. The van der Waals surface area contributed by atoms with Crippen molar-refractivity contribution in [1.29, 1.82) is 0 Å². The van der Waals surface area contributed by atoms with E-state index in [2.05, 4.69) is 0 Å². The summed E-state index contributed by atoms with van der Waals surface area (Å²) in [6.45, 7) is 2.47. The summed E-state index contributed by atoms with van der Waals surface area (Å²) in [5.74, 6) is 2.38. The largest absolute Gasteiger partial charge is 0.493 e. The van der Waals surface area contributed by atoms with Gasteiger partial charge in [-0.15, -0.1) is 0 Å². The lowest BCUT2D eigenvalue weighted by molar-refractivity contribution is -0.110. The Hall–Kier alpha value is -3.29. The Bertz CT molecular complexity index is 924. The molecule has 168 valence electrons. The fourth-order valence-corrected chi connectivity index (χ4v) is 2.92. The first-order chi connectivity index (χ1) is 15.6. The lowest BCUT2D eigenvalue weighted by Crippen LogP contribution is -2.05. The van der Waals surface area contributed by atoms with E-state index in [-0.39, 0.29) is 18.0 Å². The molecule has 2 saturated heterocycles. The molecule has 2 heterocycles. The van der Waals surface area contributed by atoms with Gasteiger partial charge in [-0.1, -0.05) is 24.3 Å². The van der Waals surface area contributed by atoms with Gasteiger partial charge in [0.1, 0.15) is 25.4 Å². The minimum atomic E-state index is -0.139. The molecule has 2 fully saturated rings. The molecule has 7 heteroatoms. The van der Waals surface area contributed by atoms with Crippen molar-refractivity contribution < 1.29 is 33.2 Å². The summed E-state index contributed by atoms with van der Waals surface area (Å²) in [6.07, 6.45) is 6.83. The van der Waals surface area contributed by atoms with Gasteiger partial charge in [-0.3, -0.25) is 4.79 Å². The van der Waals surface area contributed by atoms with Crippen LogP contribution in [0.3, 0.4) is 0 Å². The quantitative estimate of drug-likeness (QED) is 0.370. The van der Waals surface area contributed by atoms with Crippen LogP contribution in [0.5, 0.6) is 23.0 Å². The Labute approximate surface area is 187 Å². The zero-order chi connectivity index (χ0) is 22.3. The number of rotatable bonds is 12. The van der Waals surface area contributed by atoms with E-state index in [0.717, 1.165) is 24.3 Å². The molecule has 2 aromatic rings. The monoisotopic (exact) mass is 438 g/mol. The van der Waals surface area contributed by atoms with Crippen LogP contribution in [0.2, 0.25) is 0 Å². The standard InChI is InChI=1S/C25H26O7/c1-27-24-11-17(5-9-22(24)31-15-20-13-29-20)3-7-19(26)8-4-18-6-10-23(25(12-18)28-2)32-16-21-14-30-21/h3-12,20-21H,13-16H2,1-2H3. The van der Waals surface area contributed by atoms with Crippen molar-refractivity contribution in [3.63, 3.8) is 0 Å². The maximum Gasteiger partial charge on any atom is 0.178 e. The van der Waals surface area contributed by atoms with Gasteiger partial charge >= 0.3 is 0 Å². The Balaban J connectivity index is 1.34. The molecule has 0 bridgehead atoms. The number of carbonyl (C=O) groups is 1. The minimum Gasteiger partial charge on any atom is -0.493 e. The summed E-state index contributed by atoms with van der Waals surface area (Å²) in [5, 5.41) is 0. The van der Waals surface area contributed by atoms with E-state index in [9.17, 15) is 4.79 Å². The molecular formula is C25H26O7. The Morgan fingerprint density at radius 2 is 1.25 bits per heavy atom. The average Bonchev–Trinajstić information content (AvgIpc) is 3.74. The molecule has 2 atom stereocenters. The lowest BCUT2D eigenvalue weighted by atomic mass is 10.1. The zero-order valence-corrected chi connectivity index (χ0v) is 18.1. The summed E-state index contributed by atoms with van der Waals surface area (Å²) in [7, 11) is 3.17. The highest BCUT2D eigenvalue weighted by Gasteiger charge is 2.24. The molecule has 2 aromatic carbocycles. The second-order valence-electron chi connectivity index (χ2n) is 7.42. The van der Waals surface area contributed by atoms with Crippen molar-refractivity contribution in [3.05, 3.63) is 59.7 Å². The van der Waals surface area contributed by atoms with E-state index in [1.165, 1.54) is 12.2 Å². The van der Waals surface area contributed by atoms with Crippen LogP contribution in [0.1, 0.15) is 11.1 Å². The van der Waals surface area contributed by atoms with Gasteiger partial charge in [-0.25, -0.2) is 0 Å². The molecule has 4 rings (SSSR count). The molecule has 2 aliphatic rings. The fourth-order valence-electron chi connectivity index (χ4n) is 2.92. The van der Waals surface area contributed by atoms with E-state index < -0.39 is 0 Å². The van der Waals surface area contributed by atoms with Crippen LogP contribution >= 0.6 is 0 Å². The molecule has 0 aromatic heterocycles. The van der Waals surface area contributed by atoms with Crippen LogP contribution in [0, 0.1) is 0 Å². The third-order valence-corrected chi connectivity index (χ3v) is 4.91. The summed E-state index contributed by atoms with van der Waals surface area (Å²) in [5.41, 5.74) is 1.67. The first-order valence-corrected chi connectivity index (χ1v) is 10.4. The summed E-state index contributed by atoms with van der Waals surface area (Å²) in [6, 6.07) is 11.0. The van der Waals surface area contributed by atoms with Gasteiger partial charge in [0.15, 0.2) is 28.8 Å². The van der Waals surface area contributed by atoms with Gasteiger partial charge in [0.25, 0.3) is 0 Å². The van der Waals surface area contributed by atoms with Gasteiger partial charge in [-0.05, 0) is 47.5 Å². The van der Waals surface area contributed by atoms with Gasteiger partial charge in [0.05, 0.1) is 27.4 Å². The van der Waals surface area contributed by atoms with Crippen LogP contribution < -0.4 is 18.9 Å². The molecule has 7 nitrogen and oxygen atoms in total. The summed E-state index contributed by atoms with van der Waals surface area (Å²) < 4.78 is 32.5. The Morgan fingerprint density at radius 3 is 1.62 bits per heavy atom. The number of methoxy groups -OCH3 is 2. The van der Waals surface area contributed by atoms with Crippen molar-refractivity contribution in [3.8, 4) is 23.0 Å². The van der Waals surface area contributed by atoms with Crippen LogP contribution in [-0.2, 0) is 14.3 Å². The van der Waals surface area contributed by atoms with Gasteiger partial charge < -0.3 is 28.4 Å². The van der Waals surface area contributed by atoms with Crippen molar-refractivity contribution >= 4 is 17.9 Å². The molecule has 0 aliphatic carbocycles. The van der Waals surface area contributed by atoms with E-state index in [1.807, 2.05) is 36.4 Å². The van der Waals surface area contributed by atoms with Crippen molar-refractivity contribution in [2.24, 2.45) is 0 Å². The van der Waals surface area contributed by atoms with E-state index in [1.54, 1.807) is 26.4 Å². The fraction of sp³-hybridized carbons (Fsp3) is 0.320. The van der Waals surface area contributed by atoms with E-state index in [4.69, 9.17) is 28.4 Å². The lowest BCUT2D eigenvalue weighted by Gasteiger charge is -2.10. The van der Waals surface area contributed by atoms with E-state index >= 15 is 0 Å². The SMILES string of the molecule is COc1cc(C=CC(=O)C=Cc2ccc(OCC3CO3)c(OC)c2)ccc1OCC1CO1. The van der Waals surface area contributed by atoms with Crippen LogP contribution in [0.25, 0.3) is 12.2 Å². The molecule has 0 N–H and O–H groups in total. The maximum absolute atomic E-state index is 12.3. The van der Waals surface area contributed by atoms with Gasteiger partial charge in [-0.2, -0.15) is 0 Å². The van der Waals surface area contributed by atoms with Crippen molar-refractivity contribution in [1.82, 2.24) is 0 Å². The molecule has 0 amide bonds. The third-order valence-electron chi connectivity index (χ3n) is 4.91. The third kappa shape index (κ3) is 6.35. The van der Waals surface area contributed by atoms with Gasteiger partial charge in [0.2, 0.25) is 0 Å². The normalized spacial score (nSPS) is 19.2. The van der Waals surface area contributed by atoms with Crippen LogP contribution in [0.4, 0.5) is 0 Å². The molecule has 0 spiro atoms. The molecular weight excluding hydrogens is 412 g/mol. The highest BCUT2D eigenvalue weighted by atomic mass is 16.6. The topological polar surface area (TPSA) is 79.1 Å². The highest BCUT2D eigenvalue weighted by Crippen LogP contribution is 2.30. The van der Waals surface area contributed by atoms with Crippen LogP contribution in [-0.4, -0.2) is 58.6 Å².